The fourth-order valence-electron chi connectivity index (χ4n) is 1.68. The van der Waals surface area contributed by atoms with E-state index in [0.717, 1.165) is 12.3 Å². The van der Waals surface area contributed by atoms with Gasteiger partial charge in [0.15, 0.2) is 0 Å². The largest absolute Gasteiger partial charge is 0.492 e. The van der Waals surface area contributed by atoms with Crippen LogP contribution in [0.2, 0.25) is 0 Å². The average molecular weight is 266 g/mol. The molecule has 108 valence electrons. The number of likely N-dealkylation sites (N-methyl/N-ethyl adjacent to an activating group) is 1. The SMILES string of the molecule is CC(O)CNC(C)c1cccc(OCCN(C)C)c1. The molecule has 0 bridgehead atoms. The Morgan fingerprint density at radius 3 is 2.68 bits per heavy atom. The van der Waals surface area contributed by atoms with Gasteiger partial charge in [-0.2, -0.15) is 0 Å². The van der Waals surface area contributed by atoms with E-state index >= 15 is 0 Å². The minimum atomic E-state index is -0.332. The predicted octanol–water partition coefficient (Wildman–Crippen LogP) is 1.66. The molecule has 0 radical (unpaired) electrons. The molecule has 0 saturated carbocycles. The van der Waals surface area contributed by atoms with Gasteiger partial charge in [0.05, 0.1) is 6.10 Å². The van der Waals surface area contributed by atoms with Crippen molar-refractivity contribution in [2.45, 2.75) is 26.0 Å². The van der Waals surface area contributed by atoms with E-state index in [4.69, 9.17) is 4.74 Å². The van der Waals surface area contributed by atoms with E-state index < -0.39 is 0 Å². The molecule has 0 aliphatic carbocycles. The van der Waals surface area contributed by atoms with E-state index in [1.165, 1.54) is 5.56 Å². The van der Waals surface area contributed by atoms with Crippen molar-refractivity contribution < 1.29 is 9.84 Å². The van der Waals surface area contributed by atoms with Crippen LogP contribution < -0.4 is 10.1 Å². The normalized spacial score (nSPS) is 14.4. The number of nitrogens with zero attached hydrogens (tertiary/aromatic N) is 1. The number of aliphatic hydroxyl groups excluding tert-OH is 1. The third kappa shape index (κ3) is 6.57. The van der Waals surface area contributed by atoms with Gasteiger partial charge in [-0.15, -0.1) is 0 Å². The van der Waals surface area contributed by atoms with Crippen LogP contribution in [0.25, 0.3) is 0 Å². The van der Waals surface area contributed by atoms with Gasteiger partial charge in [-0.05, 0) is 45.6 Å². The Labute approximate surface area is 116 Å². The predicted molar refractivity (Wildman–Crippen MR) is 78.6 cm³/mol. The summed E-state index contributed by atoms with van der Waals surface area (Å²) in [4.78, 5) is 2.09. The number of aliphatic hydroxyl groups is 1. The molecule has 0 aliphatic heterocycles. The zero-order valence-electron chi connectivity index (χ0n) is 12.4. The maximum Gasteiger partial charge on any atom is 0.119 e. The fourth-order valence-corrected chi connectivity index (χ4v) is 1.68. The lowest BCUT2D eigenvalue weighted by Gasteiger charge is -2.17. The zero-order valence-corrected chi connectivity index (χ0v) is 12.4. The third-order valence-electron chi connectivity index (χ3n) is 2.88. The number of hydrogen-bond acceptors (Lipinski definition) is 4. The molecule has 0 aliphatic rings. The molecule has 2 unspecified atom stereocenters. The van der Waals surface area contributed by atoms with Crippen LogP contribution in [0.3, 0.4) is 0 Å². The molecule has 19 heavy (non-hydrogen) atoms. The van der Waals surface area contributed by atoms with Gasteiger partial charge in [-0.25, -0.2) is 0 Å². The van der Waals surface area contributed by atoms with Crippen molar-refractivity contribution in [3.8, 4) is 5.75 Å². The monoisotopic (exact) mass is 266 g/mol. The summed E-state index contributed by atoms with van der Waals surface area (Å²) in [6.07, 6.45) is -0.332. The zero-order chi connectivity index (χ0) is 14.3. The summed E-state index contributed by atoms with van der Waals surface area (Å²) in [5.41, 5.74) is 1.17. The van der Waals surface area contributed by atoms with Crippen molar-refractivity contribution in [1.29, 1.82) is 0 Å². The van der Waals surface area contributed by atoms with Crippen molar-refractivity contribution in [2.75, 3.05) is 33.8 Å². The molecular weight excluding hydrogens is 240 g/mol. The van der Waals surface area contributed by atoms with E-state index in [9.17, 15) is 5.11 Å². The minimum absolute atomic E-state index is 0.201. The van der Waals surface area contributed by atoms with Gasteiger partial charge in [-0.3, -0.25) is 0 Å². The van der Waals surface area contributed by atoms with E-state index in [1.54, 1.807) is 6.92 Å². The maximum absolute atomic E-state index is 9.28. The second-order valence-corrected chi connectivity index (χ2v) is 5.20. The second-order valence-electron chi connectivity index (χ2n) is 5.20. The van der Waals surface area contributed by atoms with Gasteiger partial charge in [0.2, 0.25) is 0 Å². The summed E-state index contributed by atoms with van der Waals surface area (Å²) < 4.78 is 5.71. The van der Waals surface area contributed by atoms with Crippen LogP contribution in [0.4, 0.5) is 0 Å². The van der Waals surface area contributed by atoms with E-state index in [2.05, 4.69) is 29.3 Å². The minimum Gasteiger partial charge on any atom is -0.492 e. The highest BCUT2D eigenvalue weighted by Gasteiger charge is 2.07. The van der Waals surface area contributed by atoms with Crippen molar-refractivity contribution in [1.82, 2.24) is 10.2 Å². The summed E-state index contributed by atoms with van der Waals surface area (Å²) in [7, 11) is 4.06. The molecule has 4 heteroatoms. The van der Waals surface area contributed by atoms with Gasteiger partial charge >= 0.3 is 0 Å². The summed E-state index contributed by atoms with van der Waals surface area (Å²) in [5.74, 6) is 0.894. The first-order chi connectivity index (χ1) is 8.99. The van der Waals surface area contributed by atoms with Gasteiger partial charge in [0, 0.05) is 19.1 Å². The maximum atomic E-state index is 9.28. The number of rotatable bonds is 8. The van der Waals surface area contributed by atoms with Crippen LogP contribution in [-0.4, -0.2) is 49.9 Å². The summed E-state index contributed by atoms with van der Waals surface area (Å²) in [5, 5.41) is 12.6. The Morgan fingerprint density at radius 2 is 2.05 bits per heavy atom. The fraction of sp³-hybridized carbons (Fsp3) is 0.600. The second kappa shape index (κ2) is 8.15. The van der Waals surface area contributed by atoms with Crippen LogP contribution in [0, 0.1) is 0 Å². The summed E-state index contributed by atoms with van der Waals surface area (Å²) in [6.45, 7) is 6.04. The summed E-state index contributed by atoms with van der Waals surface area (Å²) >= 11 is 0. The van der Waals surface area contributed by atoms with Gasteiger partial charge in [-0.1, -0.05) is 12.1 Å². The number of nitrogens with one attached hydrogen (secondary N) is 1. The van der Waals surface area contributed by atoms with E-state index in [1.807, 2.05) is 26.2 Å². The first kappa shape index (κ1) is 16.0. The Morgan fingerprint density at radius 1 is 1.32 bits per heavy atom. The highest BCUT2D eigenvalue weighted by atomic mass is 16.5. The Kier molecular flexibility index (Phi) is 6.84. The molecule has 0 saturated heterocycles. The molecule has 0 fully saturated rings. The topological polar surface area (TPSA) is 44.7 Å². The number of benzene rings is 1. The molecule has 0 amide bonds. The smallest absolute Gasteiger partial charge is 0.119 e. The first-order valence-electron chi connectivity index (χ1n) is 6.78. The van der Waals surface area contributed by atoms with Gasteiger partial charge in [0.1, 0.15) is 12.4 Å². The lowest BCUT2D eigenvalue weighted by Crippen LogP contribution is -2.27. The lowest BCUT2D eigenvalue weighted by molar-refractivity contribution is 0.187. The molecule has 0 aromatic heterocycles. The molecule has 2 N–H and O–H groups in total. The van der Waals surface area contributed by atoms with Crippen molar-refractivity contribution in [3.05, 3.63) is 29.8 Å². The molecule has 1 rings (SSSR count). The molecule has 2 atom stereocenters. The van der Waals surface area contributed by atoms with Crippen molar-refractivity contribution in [3.63, 3.8) is 0 Å². The standard InChI is InChI=1S/C15H26N2O2/c1-12(18)11-16-13(2)14-6-5-7-15(10-14)19-9-8-17(3)4/h5-7,10,12-13,16,18H,8-9,11H2,1-4H3. The van der Waals surface area contributed by atoms with Gasteiger partial charge in [0.25, 0.3) is 0 Å². The van der Waals surface area contributed by atoms with Crippen LogP contribution in [-0.2, 0) is 0 Å². The lowest BCUT2D eigenvalue weighted by atomic mass is 10.1. The van der Waals surface area contributed by atoms with Crippen LogP contribution in [0.1, 0.15) is 25.5 Å². The van der Waals surface area contributed by atoms with Crippen molar-refractivity contribution in [2.24, 2.45) is 0 Å². The van der Waals surface area contributed by atoms with Crippen LogP contribution in [0.5, 0.6) is 5.75 Å². The van der Waals surface area contributed by atoms with Crippen LogP contribution >= 0.6 is 0 Å². The molecule has 4 nitrogen and oxygen atoms in total. The number of ether oxygens (including phenoxy) is 1. The third-order valence-corrected chi connectivity index (χ3v) is 2.88. The molecular formula is C15H26N2O2. The quantitative estimate of drug-likeness (QED) is 0.751. The molecule has 1 aromatic rings. The van der Waals surface area contributed by atoms with E-state index in [0.29, 0.717) is 13.2 Å². The molecule has 0 heterocycles. The van der Waals surface area contributed by atoms with E-state index in [-0.39, 0.29) is 12.1 Å². The Bertz CT molecular complexity index is 367. The van der Waals surface area contributed by atoms with Crippen LogP contribution in [0.15, 0.2) is 24.3 Å². The Balaban J connectivity index is 2.51. The molecule has 0 spiro atoms. The highest BCUT2D eigenvalue weighted by Crippen LogP contribution is 2.19. The summed E-state index contributed by atoms with van der Waals surface area (Å²) in [6, 6.07) is 8.29. The highest BCUT2D eigenvalue weighted by molar-refractivity contribution is 5.30. The average Bonchev–Trinajstić information content (AvgIpc) is 2.36. The van der Waals surface area contributed by atoms with Gasteiger partial charge < -0.3 is 20.1 Å². The molecule has 1 aromatic carbocycles. The number of hydrogen-bond donors (Lipinski definition) is 2. The first-order valence-corrected chi connectivity index (χ1v) is 6.78. The van der Waals surface area contributed by atoms with Crippen molar-refractivity contribution >= 4 is 0 Å². The Hall–Kier alpha value is -1.10.